The van der Waals surface area contributed by atoms with Gasteiger partial charge >= 0.3 is 0 Å². The molecule has 0 aliphatic carbocycles. The zero-order valence-corrected chi connectivity index (χ0v) is 20.7. The van der Waals surface area contributed by atoms with E-state index in [9.17, 15) is 0 Å². The van der Waals surface area contributed by atoms with Gasteiger partial charge < -0.3 is 15.3 Å². The first-order valence-corrected chi connectivity index (χ1v) is 11.2. The molecular formula is C28H46O3. The van der Waals surface area contributed by atoms with Crippen molar-refractivity contribution >= 4 is 0 Å². The third-order valence-corrected chi connectivity index (χ3v) is 4.31. The minimum absolute atomic E-state index is 0.167. The molecule has 0 atom stereocenters. The fourth-order valence-corrected chi connectivity index (χ4v) is 2.47. The molecule has 0 fully saturated rings. The van der Waals surface area contributed by atoms with Crippen LogP contribution < -0.4 is 0 Å². The summed E-state index contributed by atoms with van der Waals surface area (Å²) >= 11 is 0. The lowest BCUT2D eigenvalue weighted by molar-refractivity contribution is 0.299. The Hall–Kier alpha value is -1.94. The number of rotatable bonds is 10. The molecule has 0 bridgehead atoms. The first kappa shape index (κ1) is 31.2. The van der Waals surface area contributed by atoms with Gasteiger partial charge in [-0.2, -0.15) is 0 Å². The van der Waals surface area contributed by atoms with Gasteiger partial charge in [-0.3, -0.25) is 0 Å². The number of benzene rings is 1. The normalized spacial score (nSPS) is 10.9. The van der Waals surface area contributed by atoms with E-state index >= 15 is 0 Å². The molecule has 0 radical (unpaired) electrons. The van der Waals surface area contributed by atoms with E-state index < -0.39 is 0 Å². The Kier molecular flexibility index (Phi) is 22.9. The molecule has 0 spiro atoms. The highest BCUT2D eigenvalue weighted by Crippen LogP contribution is 2.06. The van der Waals surface area contributed by atoms with E-state index in [1.165, 1.54) is 27.9 Å². The van der Waals surface area contributed by atoms with E-state index in [-0.39, 0.29) is 19.8 Å². The molecule has 1 aromatic rings. The molecule has 0 amide bonds. The van der Waals surface area contributed by atoms with Crippen LogP contribution in [0.3, 0.4) is 0 Å². The highest BCUT2D eigenvalue weighted by Gasteiger charge is 1.88. The van der Waals surface area contributed by atoms with Crippen LogP contribution in [0.2, 0.25) is 0 Å². The Morgan fingerprint density at radius 3 is 1.39 bits per heavy atom. The Bertz CT molecular complexity index is 606. The molecule has 0 saturated carbocycles. The molecule has 1 aromatic carbocycles. The Morgan fingerprint density at radius 2 is 1.06 bits per heavy atom. The smallest absolute Gasteiger partial charge is 0.0614 e. The zero-order valence-electron chi connectivity index (χ0n) is 20.7. The second-order valence-electron chi connectivity index (χ2n) is 8.07. The van der Waals surface area contributed by atoms with Crippen molar-refractivity contribution in [3.63, 3.8) is 0 Å². The third-order valence-electron chi connectivity index (χ3n) is 4.31. The van der Waals surface area contributed by atoms with Crippen LogP contribution in [-0.4, -0.2) is 35.1 Å². The van der Waals surface area contributed by atoms with Crippen LogP contribution in [0.4, 0.5) is 0 Å². The van der Waals surface area contributed by atoms with Gasteiger partial charge in [-0.05, 0) is 79.2 Å². The van der Waals surface area contributed by atoms with Crippen molar-refractivity contribution in [1.29, 1.82) is 0 Å². The molecule has 31 heavy (non-hydrogen) atoms. The average Bonchev–Trinajstić information content (AvgIpc) is 2.70. The second kappa shape index (κ2) is 22.7. The van der Waals surface area contributed by atoms with Crippen LogP contribution in [0.25, 0.3) is 0 Å². The summed E-state index contributed by atoms with van der Waals surface area (Å²) in [4.78, 5) is 0. The molecule has 0 aliphatic heterocycles. The SMILES string of the molecule is CC(C)=CCC/C(C)=C/CO.CC(C)=CCC/C(C)=C\CO.OCCc1ccccc1. The van der Waals surface area contributed by atoms with Gasteiger partial charge in [-0.25, -0.2) is 0 Å². The summed E-state index contributed by atoms with van der Waals surface area (Å²) in [6, 6.07) is 9.95. The lowest BCUT2D eigenvalue weighted by Crippen LogP contribution is -1.88. The van der Waals surface area contributed by atoms with Crippen molar-refractivity contribution in [1.82, 2.24) is 0 Å². The second-order valence-corrected chi connectivity index (χ2v) is 8.07. The molecule has 3 N–H and O–H groups in total. The molecule has 0 saturated heterocycles. The van der Waals surface area contributed by atoms with Gasteiger partial charge in [-0.1, -0.05) is 76.9 Å². The fourth-order valence-electron chi connectivity index (χ4n) is 2.47. The number of allylic oxidation sites excluding steroid dienone is 6. The summed E-state index contributed by atoms with van der Waals surface area (Å²) in [5.41, 5.74) is 6.46. The highest BCUT2D eigenvalue weighted by molar-refractivity contribution is 5.14. The quantitative estimate of drug-likeness (QED) is 0.368. The summed E-state index contributed by atoms with van der Waals surface area (Å²) in [6.45, 7) is 13.1. The lowest BCUT2D eigenvalue weighted by Gasteiger charge is -1.96. The Morgan fingerprint density at radius 1 is 0.645 bits per heavy atom. The predicted molar refractivity (Wildman–Crippen MR) is 136 cm³/mol. The van der Waals surface area contributed by atoms with E-state index in [2.05, 4.69) is 53.7 Å². The largest absolute Gasteiger partial charge is 0.396 e. The first-order chi connectivity index (χ1) is 14.8. The van der Waals surface area contributed by atoms with Crippen LogP contribution in [-0.2, 0) is 6.42 Å². The topological polar surface area (TPSA) is 60.7 Å². The summed E-state index contributed by atoms with van der Waals surface area (Å²) in [7, 11) is 0. The van der Waals surface area contributed by atoms with Gasteiger partial charge in [0.2, 0.25) is 0 Å². The predicted octanol–water partition coefficient (Wildman–Crippen LogP) is 6.56. The average molecular weight is 431 g/mol. The van der Waals surface area contributed by atoms with E-state index in [1.54, 1.807) is 0 Å². The molecule has 0 aromatic heterocycles. The maximum atomic E-state index is 8.55. The van der Waals surface area contributed by atoms with Crippen molar-refractivity contribution < 1.29 is 15.3 Å². The number of hydrogen-bond acceptors (Lipinski definition) is 3. The maximum absolute atomic E-state index is 8.55. The molecule has 0 aliphatic rings. The molecular weight excluding hydrogens is 384 g/mol. The number of aliphatic hydroxyl groups is 3. The van der Waals surface area contributed by atoms with Crippen molar-refractivity contribution in [3.05, 3.63) is 82.5 Å². The molecule has 0 heterocycles. The van der Waals surface area contributed by atoms with Crippen molar-refractivity contribution in [2.24, 2.45) is 0 Å². The summed E-state index contributed by atoms with van der Waals surface area (Å²) < 4.78 is 0. The standard InChI is InChI=1S/2C10H18O.C8H10O/c2*1-9(2)5-4-6-10(3)7-8-11;9-7-6-8-4-2-1-3-5-8/h2*5,7,11H,4,6,8H2,1-3H3;1-5,9H,6-7H2/b10-7+;10-7-;. The maximum Gasteiger partial charge on any atom is 0.0614 e. The van der Waals surface area contributed by atoms with E-state index in [4.69, 9.17) is 15.3 Å². The fraction of sp³-hybridized carbons (Fsp3) is 0.500. The van der Waals surface area contributed by atoms with Crippen LogP contribution in [0.15, 0.2) is 76.9 Å². The highest BCUT2D eigenvalue weighted by atomic mass is 16.3. The molecule has 0 unspecified atom stereocenters. The van der Waals surface area contributed by atoms with Crippen LogP contribution >= 0.6 is 0 Å². The zero-order chi connectivity index (χ0) is 23.9. The van der Waals surface area contributed by atoms with E-state index in [0.717, 1.165) is 32.1 Å². The Labute approximate surface area is 191 Å². The van der Waals surface area contributed by atoms with E-state index in [0.29, 0.717) is 0 Å². The molecule has 1 rings (SSSR count). The third kappa shape index (κ3) is 26.0. The van der Waals surface area contributed by atoms with Gasteiger partial charge in [0.25, 0.3) is 0 Å². The van der Waals surface area contributed by atoms with Gasteiger partial charge in [0.15, 0.2) is 0 Å². The minimum atomic E-state index is 0.167. The number of aliphatic hydroxyl groups excluding tert-OH is 3. The summed E-state index contributed by atoms with van der Waals surface area (Å²) in [6.07, 6.45) is 13.2. The van der Waals surface area contributed by atoms with Gasteiger partial charge in [0.05, 0.1) is 13.2 Å². The minimum Gasteiger partial charge on any atom is -0.396 e. The van der Waals surface area contributed by atoms with E-state index in [1.807, 2.05) is 42.5 Å². The van der Waals surface area contributed by atoms with Crippen LogP contribution in [0.1, 0.15) is 72.8 Å². The van der Waals surface area contributed by atoms with Gasteiger partial charge in [-0.15, -0.1) is 0 Å². The summed E-state index contributed by atoms with van der Waals surface area (Å²) in [5.74, 6) is 0. The molecule has 176 valence electrons. The van der Waals surface area contributed by atoms with Crippen LogP contribution in [0.5, 0.6) is 0 Å². The number of hydrogen-bond donors (Lipinski definition) is 3. The molecule has 3 heteroatoms. The monoisotopic (exact) mass is 430 g/mol. The van der Waals surface area contributed by atoms with Crippen molar-refractivity contribution in [3.8, 4) is 0 Å². The van der Waals surface area contributed by atoms with Crippen molar-refractivity contribution in [2.45, 2.75) is 73.6 Å². The first-order valence-electron chi connectivity index (χ1n) is 11.2. The summed E-state index contributed by atoms with van der Waals surface area (Å²) in [5, 5.41) is 25.6. The van der Waals surface area contributed by atoms with Gasteiger partial charge in [0.1, 0.15) is 0 Å². The van der Waals surface area contributed by atoms with Crippen molar-refractivity contribution in [2.75, 3.05) is 19.8 Å². The van der Waals surface area contributed by atoms with Crippen LogP contribution in [0, 0.1) is 0 Å². The van der Waals surface area contributed by atoms with Gasteiger partial charge in [0, 0.05) is 6.61 Å². The lowest BCUT2D eigenvalue weighted by atomic mass is 10.1. The Balaban J connectivity index is 0. The molecule has 3 nitrogen and oxygen atoms in total.